The van der Waals surface area contributed by atoms with Gasteiger partial charge in [0.1, 0.15) is 0 Å². The van der Waals surface area contributed by atoms with Gasteiger partial charge in [-0.05, 0) is 42.2 Å². The maximum absolute atomic E-state index is 12.6. The van der Waals surface area contributed by atoms with Gasteiger partial charge in [0.2, 0.25) is 5.91 Å². The van der Waals surface area contributed by atoms with Crippen molar-refractivity contribution in [2.24, 2.45) is 0 Å². The number of anilines is 1. The second-order valence-corrected chi connectivity index (χ2v) is 7.70. The third-order valence-electron chi connectivity index (χ3n) is 5.44. The van der Waals surface area contributed by atoms with Crippen LogP contribution in [0.1, 0.15) is 34.3 Å². The first-order valence-electron chi connectivity index (χ1n) is 10.3. The number of hydrogen-bond acceptors (Lipinski definition) is 4. The van der Waals surface area contributed by atoms with Gasteiger partial charge in [0.25, 0.3) is 5.91 Å². The fraction of sp³-hybridized carbons (Fsp3) is 0.391. The van der Waals surface area contributed by atoms with Crippen molar-refractivity contribution in [2.75, 3.05) is 31.6 Å². The van der Waals surface area contributed by atoms with E-state index in [0.29, 0.717) is 31.6 Å². The van der Waals surface area contributed by atoms with E-state index < -0.39 is 0 Å². The highest BCUT2D eigenvalue weighted by Gasteiger charge is 2.21. The van der Waals surface area contributed by atoms with Crippen LogP contribution in [0.4, 0.5) is 5.69 Å². The fourth-order valence-corrected chi connectivity index (χ4v) is 3.91. The summed E-state index contributed by atoms with van der Waals surface area (Å²) in [5.74, 6) is -0.0765. The van der Waals surface area contributed by atoms with Crippen LogP contribution in [-0.4, -0.2) is 49.1 Å². The Hall–Kier alpha value is -2.70. The quantitative estimate of drug-likeness (QED) is 0.819. The van der Waals surface area contributed by atoms with Crippen LogP contribution in [0.15, 0.2) is 48.5 Å². The Morgan fingerprint density at radius 2 is 2.03 bits per heavy atom. The molecule has 0 bridgehead atoms. The molecule has 2 aromatic rings. The Morgan fingerprint density at radius 1 is 1.17 bits per heavy atom. The molecule has 152 valence electrons. The summed E-state index contributed by atoms with van der Waals surface area (Å²) in [6.45, 7) is 3.88. The number of rotatable bonds is 5. The first-order chi connectivity index (χ1) is 14.2. The highest BCUT2D eigenvalue weighted by molar-refractivity contribution is 5.97. The maximum atomic E-state index is 12.6. The lowest BCUT2D eigenvalue weighted by molar-refractivity contribution is -0.116. The number of nitrogens with one attached hydrogen (secondary N) is 2. The molecule has 2 amide bonds. The van der Waals surface area contributed by atoms with Crippen LogP contribution in [0.3, 0.4) is 0 Å². The lowest BCUT2D eigenvalue weighted by Gasteiger charge is -2.24. The van der Waals surface area contributed by atoms with Gasteiger partial charge in [-0.25, -0.2) is 0 Å². The minimum Gasteiger partial charge on any atom is -0.375 e. The zero-order chi connectivity index (χ0) is 20.1. The minimum absolute atomic E-state index is 0.0259. The Morgan fingerprint density at radius 3 is 2.90 bits per heavy atom. The third-order valence-corrected chi connectivity index (χ3v) is 5.44. The van der Waals surface area contributed by atoms with Gasteiger partial charge in [0.05, 0.1) is 6.10 Å². The van der Waals surface area contributed by atoms with Crippen molar-refractivity contribution < 1.29 is 14.3 Å². The standard InChI is InChI=1S/C23H27N3O3/c27-22-10-8-18-13-19(7-9-21(18)25-22)23(28)24-14-20-16-26(11-4-12-29-20)15-17-5-2-1-3-6-17/h1-3,5-7,9,13,20H,4,8,10-12,14-16H2,(H,24,28)(H,25,27). The molecule has 6 heteroatoms. The van der Waals surface area contributed by atoms with Crippen molar-refractivity contribution in [3.8, 4) is 0 Å². The molecule has 2 aliphatic heterocycles. The van der Waals surface area contributed by atoms with Gasteiger partial charge in [0, 0.05) is 50.5 Å². The van der Waals surface area contributed by atoms with E-state index in [4.69, 9.17) is 4.74 Å². The number of aryl methyl sites for hydroxylation is 1. The largest absolute Gasteiger partial charge is 0.375 e. The van der Waals surface area contributed by atoms with Crippen LogP contribution in [0.25, 0.3) is 0 Å². The van der Waals surface area contributed by atoms with Crippen molar-refractivity contribution in [1.29, 1.82) is 0 Å². The molecular weight excluding hydrogens is 366 g/mol. The fourth-order valence-electron chi connectivity index (χ4n) is 3.91. The normalized spacial score (nSPS) is 19.7. The topological polar surface area (TPSA) is 70.7 Å². The Bertz CT molecular complexity index is 869. The second-order valence-electron chi connectivity index (χ2n) is 7.70. The molecule has 0 radical (unpaired) electrons. The number of ether oxygens (including phenoxy) is 1. The van der Waals surface area contributed by atoms with Crippen LogP contribution in [0.2, 0.25) is 0 Å². The number of nitrogens with zero attached hydrogens (tertiary/aromatic N) is 1. The average Bonchev–Trinajstić information content (AvgIpc) is 2.97. The molecule has 29 heavy (non-hydrogen) atoms. The molecule has 2 aromatic carbocycles. The second kappa shape index (κ2) is 9.20. The van der Waals surface area contributed by atoms with Gasteiger partial charge in [-0.2, -0.15) is 0 Å². The molecule has 6 nitrogen and oxygen atoms in total. The van der Waals surface area contributed by atoms with Crippen molar-refractivity contribution >= 4 is 17.5 Å². The van der Waals surface area contributed by atoms with E-state index in [1.165, 1.54) is 5.56 Å². The van der Waals surface area contributed by atoms with Crippen LogP contribution in [-0.2, 0) is 22.5 Å². The first-order valence-corrected chi connectivity index (χ1v) is 10.3. The SMILES string of the molecule is O=C1CCc2cc(C(=O)NCC3CN(Cc4ccccc4)CCCO3)ccc2N1. The van der Waals surface area contributed by atoms with Crippen molar-refractivity contribution in [3.05, 3.63) is 65.2 Å². The first kappa shape index (κ1) is 19.6. The van der Waals surface area contributed by atoms with Crippen LogP contribution < -0.4 is 10.6 Å². The van der Waals surface area contributed by atoms with E-state index in [9.17, 15) is 9.59 Å². The highest BCUT2D eigenvalue weighted by atomic mass is 16.5. The van der Waals surface area contributed by atoms with Crippen molar-refractivity contribution in [2.45, 2.75) is 31.9 Å². The number of amides is 2. The van der Waals surface area contributed by atoms with Crippen LogP contribution in [0.5, 0.6) is 0 Å². The number of fused-ring (bicyclic) bond motifs is 1. The van der Waals surface area contributed by atoms with Crippen LogP contribution in [0, 0.1) is 0 Å². The van der Waals surface area contributed by atoms with Crippen molar-refractivity contribution in [3.63, 3.8) is 0 Å². The molecule has 0 saturated carbocycles. The van der Waals surface area contributed by atoms with E-state index in [1.54, 1.807) is 6.07 Å². The molecule has 1 unspecified atom stereocenters. The molecule has 2 heterocycles. The lowest BCUT2D eigenvalue weighted by atomic mass is 10.00. The Kier molecular flexibility index (Phi) is 6.22. The molecule has 2 aliphatic rings. The summed E-state index contributed by atoms with van der Waals surface area (Å²) in [6, 6.07) is 15.9. The summed E-state index contributed by atoms with van der Waals surface area (Å²) in [5, 5.41) is 5.86. The molecule has 0 spiro atoms. The molecule has 4 rings (SSSR count). The molecule has 0 aromatic heterocycles. The monoisotopic (exact) mass is 393 g/mol. The van der Waals surface area contributed by atoms with E-state index in [2.05, 4.69) is 39.8 Å². The number of carbonyl (C=O) groups excluding carboxylic acids is 2. The predicted molar refractivity (Wildman–Crippen MR) is 112 cm³/mol. The number of carbonyl (C=O) groups is 2. The zero-order valence-electron chi connectivity index (χ0n) is 16.5. The molecule has 1 saturated heterocycles. The van der Waals surface area contributed by atoms with E-state index in [0.717, 1.165) is 37.3 Å². The molecule has 2 N–H and O–H groups in total. The number of hydrogen-bond donors (Lipinski definition) is 2. The summed E-state index contributed by atoms with van der Waals surface area (Å²) >= 11 is 0. The summed E-state index contributed by atoms with van der Waals surface area (Å²) in [4.78, 5) is 26.5. The van der Waals surface area contributed by atoms with Gasteiger partial charge in [-0.1, -0.05) is 30.3 Å². The summed E-state index contributed by atoms with van der Waals surface area (Å²) in [5.41, 5.74) is 3.73. The van der Waals surface area contributed by atoms with Crippen LogP contribution >= 0.6 is 0 Å². The maximum Gasteiger partial charge on any atom is 0.251 e. The van der Waals surface area contributed by atoms with E-state index in [-0.39, 0.29) is 17.9 Å². The number of benzene rings is 2. The molecule has 1 atom stereocenters. The van der Waals surface area contributed by atoms with Gasteiger partial charge in [0.15, 0.2) is 0 Å². The van der Waals surface area contributed by atoms with E-state index in [1.807, 2.05) is 18.2 Å². The van der Waals surface area contributed by atoms with Gasteiger partial charge in [-0.15, -0.1) is 0 Å². The van der Waals surface area contributed by atoms with Gasteiger partial charge in [-0.3, -0.25) is 14.5 Å². The molecule has 0 aliphatic carbocycles. The third kappa shape index (κ3) is 5.22. The summed E-state index contributed by atoms with van der Waals surface area (Å²) in [7, 11) is 0. The Labute approximate surface area is 171 Å². The van der Waals surface area contributed by atoms with Gasteiger partial charge >= 0.3 is 0 Å². The van der Waals surface area contributed by atoms with Crippen molar-refractivity contribution in [1.82, 2.24) is 10.2 Å². The summed E-state index contributed by atoms with van der Waals surface area (Å²) in [6.07, 6.45) is 2.10. The summed E-state index contributed by atoms with van der Waals surface area (Å²) < 4.78 is 5.96. The molecular formula is C23H27N3O3. The zero-order valence-corrected chi connectivity index (χ0v) is 16.5. The minimum atomic E-state index is -0.104. The van der Waals surface area contributed by atoms with Gasteiger partial charge < -0.3 is 15.4 Å². The predicted octanol–water partition coefficient (Wildman–Crippen LogP) is 2.59. The average molecular weight is 393 g/mol. The lowest BCUT2D eigenvalue weighted by Crippen LogP contribution is -2.40. The van der Waals surface area contributed by atoms with E-state index >= 15 is 0 Å². The highest BCUT2D eigenvalue weighted by Crippen LogP contribution is 2.23. The molecule has 1 fully saturated rings. The smallest absolute Gasteiger partial charge is 0.251 e. The Balaban J connectivity index is 1.33.